The van der Waals surface area contributed by atoms with E-state index in [4.69, 9.17) is 4.74 Å². The van der Waals surface area contributed by atoms with E-state index in [9.17, 15) is 9.59 Å². The average Bonchev–Trinajstić information content (AvgIpc) is 2.26. The van der Waals surface area contributed by atoms with Crippen LogP contribution in [0.15, 0.2) is 0 Å². The van der Waals surface area contributed by atoms with Crippen LogP contribution in [0.3, 0.4) is 0 Å². The molecule has 0 aromatic carbocycles. The van der Waals surface area contributed by atoms with Crippen LogP contribution in [-0.2, 0) is 14.3 Å². The molecular weight excluding hydrogens is 256 g/mol. The molecule has 1 fully saturated rings. The lowest BCUT2D eigenvalue weighted by Crippen LogP contribution is -2.37. The van der Waals surface area contributed by atoms with Gasteiger partial charge in [0.15, 0.2) is 5.78 Å². The first-order chi connectivity index (χ1) is 7.81. The van der Waals surface area contributed by atoms with Crippen LogP contribution in [0.2, 0.25) is 0 Å². The van der Waals surface area contributed by atoms with Crippen LogP contribution in [0, 0.1) is 5.92 Å². The van der Waals surface area contributed by atoms with Gasteiger partial charge in [-0.05, 0) is 27.7 Å². The normalized spacial score (nSPS) is 22.9. The Balaban J connectivity index is 2.53. The summed E-state index contributed by atoms with van der Waals surface area (Å²) in [7, 11) is 0. The Bertz CT molecular complexity index is 291. The Morgan fingerprint density at radius 1 is 1.29 bits per heavy atom. The molecule has 1 heterocycles. The van der Waals surface area contributed by atoms with Gasteiger partial charge >= 0.3 is 5.97 Å². The van der Waals surface area contributed by atoms with Crippen molar-refractivity contribution in [1.29, 1.82) is 0 Å². The summed E-state index contributed by atoms with van der Waals surface area (Å²) < 4.78 is 5.24. The Morgan fingerprint density at radius 2 is 1.94 bits per heavy atom. The second-order valence-corrected chi connectivity index (χ2v) is 7.55. The molecule has 1 aliphatic rings. The maximum atomic E-state index is 12.1. The molecule has 0 aromatic heterocycles. The van der Waals surface area contributed by atoms with Crippen molar-refractivity contribution in [3.63, 3.8) is 0 Å². The fraction of sp³-hybridized carbons (Fsp3) is 0.833. The summed E-state index contributed by atoms with van der Waals surface area (Å²) in [4.78, 5) is 23.9. The second kappa shape index (κ2) is 6.14. The molecule has 1 rings (SSSR count). The minimum absolute atomic E-state index is 0.0106. The molecule has 98 valence electrons. The zero-order valence-electron chi connectivity index (χ0n) is 10.8. The Labute approximate surface area is 111 Å². The molecule has 2 atom stereocenters. The highest BCUT2D eigenvalue weighted by Crippen LogP contribution is 2.27. The predicted molar refractivity (Wildman–Crippen MR) is 73.6 cm³/mol. The lowest BCUT2D eigenvalue weighted by Gasteiger charge is -2.25. The van der Waals surface area contributed by atoms with E-state index in [0.717, 1.165) is 17.3 Å². The maximum absolute atomic E-state index is 12.1. The van der Waals surface area contributed by atoms with Crippen LogP contribution in [0.25, 0.3) is 0 Å². The van der Waals surface area contributed by atoms with E-state index in [1.54, 1.807) is 30.4 Å². The van der Waals surface area contributed by atoms with Crippen molar-refractivity contribution in [2.45, 2.75) is 38.5 Å². The van der Waals surface area contributed by atoms with Gasteiger partial charge in [0.1, 0.15) is 11.5 Å². The lowest BCUT2D eigenvalue weighted by molar-refractivity contribution is -0.161. The number of esters is 1. The van der Waals surface area contributed by atoms with Crippen molar-refractivity contribution in [3.05, 3.63) is 0 Å². The molecule has 0 amide bonds. The highest BCUT2D eigenvalue weighted by Gasteiger charge is 2.33. The van der Waals surface area contributed by atoms with Crippen LogP contribution in [0.1, 0.15) is 27.7 Å². The summed E-state index contributed by atoms with van der Waals surface area (Å²) in [5.41, 5.74) is -0.528. The SMILES string of the molecule is CC(C(=O)OC(C)(C)C)C(=O)C1CSCCS1. The molecule has 0 spiro atoms. The first-order valence-corrected chi connectivity index (χ1v) is 7.97. The van der Waals surface area contributed by atoms with Gasteiger partial charge in [0, 0.05) is 17.3 Å². The van der Waals surface area contributed by atoms with Crippen molar-refractivity contribution >= 4 is 35.3 Å². The van der Waals surface area contributed by atoms with Crippen molar-refractivity contribution in [1.82, 2.24) is 0 Å². The van der Waals surface area contributed by atoms with Gasteiger partial charge in [-0.25, -0.2) is 0 Å². The first-order valence-electron chi connectivity index (χ1n) is 5.77. The Kier molecular flexibility index (Phi) is 5.38. The van der Waals surface area contributed by atoms with Gasteiger partial charge in [-0.15, -0.1) is 11.8 Å². The number of rotatable bonds is 3. The van der Waals surface area contributed by atoms with Crippen LogP contribution < -0.4 is 0 Å². The van der Waals surface area contributed by atoms with E-state index in [1.165, 1.54) is 0 Å². The van der Waals surface area contributed by atoms with Gasteiger partial charge < -0.3 is 4.74 Å². The van der Waals surface area contributed by atoms with Gasteiger partial charge in [-0.2, -0.15) is 11.8 Å². The van der Waals surface area contributed by atoms with E-state index >= 15 is 0 Å². The number of ether oxygens (including phenoxy) is 1. The van der Waals surface area contributed by atoms with Crippen LogP contribution in [-0.4, -0.2) is 39.9 Å². The smallest absolute Gasteiger partial charge is 0.316 e. The van der Waals surface area contributed by atoms with E-state index in [0.29, 0.717) is 0 Å². The van der Waals surface area contributed by atoms with Gasteiger partial charge in [0.05, 0.1) is 5.25 Å². The van der Waals surface area contributed by atoms with Gasteiger partial charge in [-0.3, -0.25) is 9.59 Å². The molecule has 2 unspecified atom stereocenters. The summed E-state index contributed by atoms with van der Waals surface area (Å²) in [5.74, 6) is 1.86. The van der Waals surface area contributed by atoms with Crippen molar-refractivity contribution < 1.29 is 14.3 Å². The molecule has 0 N–H and O–H groups in total. The summed E-state index contributed by atoms with van der Waals surface area (Å²) in [6.45, 7) is 7.09. The third kappa shape index (κ3) is 4.92. The van der Waals surface area contributed by atoms with Crippen LogP contribution in [0.4, 0.5) is 0 Å². The lowest BCUT2D eigenvalue weighted by atomic mass is 10.0. The third-order valence-electron chi connectivity index (χ3n) is 2.32. The van der Waals surface area contributed by atoms with E-state index in [2.05, 4.69) is 0 Å². The number of carbonyl (C=O) groups excluding carboxylic acids is 2. The van der Waals surface area contributed by atoms with Crippen molar-refractivity contribution in [2.75, 3.05) is 17.3 Å². The third-order valence-corrected chi connectivity index (χ3v) is 5.09. The summed E-state index contributed by atoms with van der Waals surface area (Å²) in [6.07, 6.45) is 0. The van der Waals surface area contributed by atoms with Gasteiger partial charge in [0.2, 0.25) is 0 Å². The largest absolute Gasteiger partial charge is 0.459 e. The fourth-order valence-electron chi connectivity index (χ4n) is 1.44. The summed E-state index contributed by atoms with van der Waals surface area (Å²) >= 11 is 3.44. The number of hydrogen-bond acceptors (Lipinski definition) is 5. The topological polar surface area (TPSA) is 43.4 Å². The summed E-state index contributed by atoms with van der Waals surface area (Å²) in [5, 5.41) is -0.0451. The van der Waals surface area contributed by atoms with E-state index in [1.807, 2.05) is 20.8 Å². The number of hydrogen-bond donors (Lipinski definition) is 0. The number of ketones is 1. The van der Waals surface area contributed by atoms with Crippen molar-refractivity contribution in [3.8, 4) is 0 Å². The molecule has 1 aliphatic heterocycles. The van der Waals surface area contributed by atoms with Gasteiger partial charge in [0.25, 0.3) is 0 Å². The quantitative estimate of drug-likeness (QED) is 0.585. The predicted octanol–water partition coefficient (Wildman–Crippen LogP) is 2.38. The van der Waals surface area contributed by atoms with E-state index in [-0.39, 0.29) is 11.0 Å². The van der Waals surface area contributed by atoms with Crippen molar-refractivity contribution in [2.24, 2.45) is 5.92 Å². The summed E-state index contributed by atoms with van der Waals surface area (Å²) in [6, 6.07) is 0. The monoisotopic (exact) mass is 276 g/mol. The molecule has 0 bridgehead atoms. The number of carbonyl (C=O) groups is 2. The fourth-order valence-corrected chi connectivity index (χ4v) is 4.17. The minimum atomic E-state index is -0.648. The maximum Gasteiger partial charge on any atom is 0.316 e. The zero-order valence-corrected chi connectivity index (χ0v) is 12.5. The molecule has 0 saturated carbocycles. The van der Waals surface area contributed by atoms with E-state index < -0.39 is 17.5 Å². The Hall–Kier alpha value is -0.160. The second-order valence-electron chi connectivity index (χ2n) is 5.09. The molecular formula is C12H20O3S2. The molecule has 3 nitrogen and oxygen atoms in total. The molecule has 17 heavy (non-hydrogen) atoms. The number of Topliss-reactive ketones (excluding diaryl/α,β-unsaturated/α-hetero) is 1. The van der Waals surface area contributed by atoms with Gasteiger partial charge in [-0.1, -0.05) is 0 Å². The number of thioether (sulfide) groups is 2. The highest BCUT2D eigenvalue weighted by molar-refractivity contribution is 8.07. The first kappa shape index (κ1) is 14.9. The average molecular weight is 276 g/mol. The van der Waals surface area contributed by atoms with Crippen LogP contribution in [0.5, 0.6) is 0 Å². The molecule has 0 radical (unpaired) electrons. The molecule has 5 heteroatoms. The standard InChI is InChI=1S/C12H20O3S2/c1-8(11(14)15-12(2,3)4)10(13)9-7-16-5-6-17-9/h8-9H,5-7H2,1-4H3. The zero-order chi connectivity index (χ0) is 13.1. The van der Waals surface area contributed by atoms with Crippen LogP contribution >= 0.6 is 23.5 Å². The molecule has 0 aliphatic carbocycles. The highest BCUT2D eigenvalue weighted by atomic mass is 32.2. The Morgan fingerprint density at radius 3 is 2.41 bits per heavy atom. The molecule has 1 saturated heterocycles. The molecule has 0 aromatic rings. The minimum Gasteiger partial charge on any atom is -0.459 e.